The van der Waals surface area contributed by atoms with E-state index in [9.17, 15) is 9.59 Å². The number of esters is 1. The van der Waals surface area contributed by atoms with Crippen molar-refractivity contribution in [3.8, 4) is 28.7 Å². The summed E-state index contributed by atoms with van der Waals surface area (Å²) in [6, 6.07) is 8.62. The minimum Gasteiger partial charge on any atom is -0.493 e. The molecule has 1 unspecified atom stereocenters. The molecule has 2 aliphatic rings. The highest BCUT2D eigenvalue weighted by Crippen LogP contribution is 2.39. The minimum atomic E-state index is -0.655. The van der Waals surface area contributed by atoms with Crippen molar-refractivity contribution in [1.82, 2.24) is 4.90 Å². The SMILES string of the molecule is COc1cc(C(=O)OCC(=O)N2CCCC2c2ccc3c(c2)OCCO3)cc(OC)c1OC. The van der Waals surface area contributed by atoms with Gasteiger partial charge in [0, 0.05) is 6.54 Å². The smallest absolute Gasteiger partial charge is 0.338 e. The molecule has 4 rings (SSSR count). The molecule has 1 amide bonds. The second kappa shape index (κ2) is 9.89. The van der Waals surface area contributed by atoms with E-state index in [2.05, 4.69) is 0 Å². The normalized spacial score (nSPS) is 16.8. The highest BCUT2D eigenvalue weighted by Gasteiger charge is 2.31. The number of carbonyl (C=O) groups excluding carboxylic acids is 2. The molecule has 1 saturated heterocycles. The van der Waals surface area contributed by atoms with Gasteiger partial charge in [-0.25, -0.2) is 4.79 Å². The van der Waals surface area contributed by atoms with Gasteiger partial charge in [-0.2, -0.15) is 0 Å². The Kier molecular flexibility index (Phi) is 6.76. The number of amides is 1. The molecule has 33 heavy (non-hydrogen) atoms. The Balaban J connectivity index is 1.43. The number of benzene rings is 2. The molecule has 0 aliphatic carbocycles. The highest BCUT2D eigenvalue weighted by molar-refractivity contribution is 5.93. The Bertz CT molecular complexity index is 1010. The summed E-state index contributed by atoms with van der Waals surface area (Å²) >= 11 is 0. The van der Waals surface area contributed by atoms with Crippen LogP contribution >= 0.6 is 0 Å². The van der Waals surface area contributed by atoms with Crippen LogP contribution in [0.4, 0.5) is 0 Å². The van der Waals surface area contributed by atoms with Crippen molar-refractivity contribution in [2.75, 3.05) is 47.7 Å². The summed E-state index contributed by atoms with van der Waals surface area (Å²) in [5.74, 6) is 1.51. The second-order valence-corrected chi connectivity index (χ2v) is 7.64. The van der Waals surface area contributed by atoms with Crippen LogP contribution in [0.25, 0.3) is 0 Å². The fourth-order valence-electron chi connectivity index (χ4n) is 4.17. The van der Waals surface area contributed by atoms with Crippen molar-refractivity contribution in [2.24, 2.45) is 0 Å². The van der Waals surface area contributed by atoms with Crippen molar-refractivity contribution in [2.45, 2.75) is 18.9 Å². The lowest BCUT2D eigenvalue weighted by atomic mass is 10.0. The van der Waals surface area contributed by atoms with Crippen LogP contribution in [0, 0.1) is 0 Å². The summed E-state index contributed by atoms with van der Waals surface area (Å²) in [5.41, 5.74) is 1.17. The van der Waals surface area contributed by atoms with Gasteiger partial charge < -0.3 is 33.3 Å². The Morgan fingerprint density at radius 1 is 0.970 bits per heavy atom. The molecule has 0 N–H and O–H groups in total. The molecule has 0 bridgehead atoms. The molecule has 2 heterocycles. The summed E-state index contributed by atoms with van der Waals surface area (Å²) in [5, 5.41) is 0. The lowest BCUT2D eigenvalue weighted by molar-refractivity contribution is -0.135. The molecule has 2 aromatic carbocycles. The van der Waals surface area contributed by atoms with E-state index in [1.54, 1.807) is 4.90 Å². The van der Waals surface area contributed by atoms with E-state index in [-0.39, 0.29) is 24.1 Å². The lowest BCUT2D eigenvalue weighted by Gasteiger charge is -2.26. The average molecular weight is 457 g/mol. The van der Waals surface area contributed by atoms with Gasteiger partial charge in [-0.1, -0.05) is 6.07 Å². The van der Waals surface area contributed by atoms with Crippen LogP contribution in [-0.4, -0.2) is 64.5 Å². The highest BCUT2D eigenvalue weighted by atomic mass is 16.6. The molecule has 0 aromatic heterocycles. The number of methoxy groups -OCH3 is 3. The van der Waals surface area contributed by atoms with Gasteiger partial charge >= 0.3 is 5.97 Å². The molecular weight excluding hydrogens is 430 g/mol. The van der Waals surface area contributed by atoms with E-state index in [1.807, 2.05) is 18.2 Å². The van der Waals surface area contributed by atoms with E-state index >= 15 is 0 Å². The first-order valence-corrected chi connectivity index (χ1v) is 10.7. The van der Waals surface area contributed by atoms with Crippen LogP contribution in [0.1, 0.15) is 34.8 Å². The Morgan fingerprint density at radius 3 is 2.33 bits per heavy atom. The summed E-state index contributed by atoms with van der Waals surface area (Å²) in [6.45, 7) is 1.26. The van der Waals surface area contributed by atoms with E-state index in [0.717, 1.165) is 18.4 Å². The van der Waals surface area contributed by atoms with Crippen molar-refractivity contribution >= 4 is 11.9 Å². The van der Waals surface area contributed by atoms with Crippen LogP contribution in [0.5, 0.6) is 28.7 Å². The van der Waals surface area contributed by atoms with Crippen molar-refractivity contribution in [1.29, 1.82) is 0 Å². The molecular formula is C24H27NO8. The van der Waals surface area contributed by atoms with Crippen LogP contribution in [0.3, 0.4) is 0 Å². The summed E-state index contributed by atoms with van der Waals surface area (Å²) in [7, 11) is 4.40. The van der Waals surface area contributed by atoms with Crippen LogP contribution in [0.15, 0.2) is 30.3 Å². The maximum absolute atomic E-state index is 12.9. The van der Waals surface area contributed by atoms with Gasteiger partial charge in [0.25, 0.3) is 5.91 Å². The number of ether oxygens (including phenoxy) is 6. The van der Waals surface area contributed by atoms with Gasteiger partial charge in [0.1, 0.15) is 13.2 Å². The third-order valence-corrected chi connectivity index (χ3v) is 5.75. The van der Waals surface area contributed by atoms with Gasteiger partial charge in [-0.15, -0.1) is 0 Å². The van der Waals surface area contributed by atoms with Gasteiger partial charge in [0.2, 0.25) is 5.75 Å². The molecule has 9 heteroatoms. The number of hydrogen-bond donors (Lipinski definition) is 0. The van der Waals surface area contributed by atoms with Gasteiger partial charge in [0.05, 0.1) is 32.9 Å². The van der Waals surface area contributed by atoms with Crippen LogP contribution in [0.2, 0.25) is 0 Å². The molecule has 1 atom stereocenters. The predicted molar refractivity (Wildman–Crippen MR) is 118 cm³/mol. The first-order chi connectivity index (χ1) is 16.0. The first kappa shape index (κ1) is 22.6. The van der Waals surface area contributed by atoms with Crippen molar-refractivity contribution < 1.29 is 38.0 Å². The Morgan fingerprint density at radius 2 is 1.67 bits per heavy atom. The third-order valence-electron chi connectivity index (χ3n) is 5.75. The number of carbonyl (C=O) groups is 2. The maximum atomic E-state index is 12.9. The quantitative estimate of drug-likeness (QED) is 0.586. The molecule has 0 spiro atoms. The molecule has 9 nitrogen and oxygen atoms in total. The first-order valence-electron chi connectivity index (χ1n) is 10.7. The number of rotatable bonds is 7. The van der Waals surface area contributed by atoms with Crippen LogP contribution < -0.4 is 23.7 Å². The van der Waals surface area contributed by atoms with Gasteiger partial charge in [0.15, 0.2) is 29.6 Å². The Labute approximate surface area is 192 Å². The minimum absolute atomic E-state index is 0.104. The van der Waals surface area contributed by atoms with E-state index in [4.69, 9.17) is 28.4 Å². The third kappa shape index (κ3) is 4.62. The van der Waals surface area contributed by atoms with Crippen molar-refractivity contribution in [3.63, 3.8) is 0 Å². The fourth-order valence-corrected chi connectivity index (χ4v) is 4.17. The average Bonchev–Trinajstić information content (AvgIpc) is 3.36. The fraction of sp³-hybridized carbons (Fsp3) is 0.417. The number of fused-ring (bicyclic) bond motifs is 1. The summed E-state index contributed by atoms with van der Waals surface area (Å²) in [6.07, 6.45) is 1.69. The molecule has 2 aromatic rings. The van der Waals surface area contributed by atoms with E-state index in [0.29, 0.717) is 48.5 Å². The number of nitrogens with zero attached hydrogens (tertiary/aromatic N) is 1. The van der Waals surface area contributed by atoms with Crippen molar-refractivity contribution in [3.05, 3.63) is 41.5 Å². The lowest BCUT2D eigenvalue weighted by Crippen LogP contribution is -2.34. The van der Waals surface area contributed by atoms with Crippen LogP contribution in [-0.2, 0) is 9.53 Å². The topological polar surface area (TPSA) is 92.8 Å². The molecule has 1 fully saturated rings. The second-order valence-electron chi connectivity index (χ2n) is 7.64. The van der Waals surface area contributed by atoms with E-state index in [1.165, 1.54) is 33.5 Å². The summed E-state index contributed by atoms with van der Waals surface area (Å²) < 4.78 is 32.4. The van der Waals surface area contributed by atoms with Gasteiger partial charge in [-0.3, -0.25) is 4.79 Å². The molecule has 176 valence electrons. The zero-order valence-electron chi connectivity index (χ0n) is 18.9. The van der Waals surface area contributed by atoms with Gasteiger partial charge in [-0.05, 0) is 42.7 Å². The number of hydrogen-bond acceptors (Lipinski definition) is 8. The summed E-state index contributed by atoms with van der Waals surface area (Å²) in [4.78, 5) is 27.3. The standard InChI is InChI=1S/C24H27NO8/c1-28-20-12-16(13-21(29-2)23(20)30-3)24(27)33-14-22(26)25-8-4-5-17(25)15-6-7-18-19(11-15)32-10-9-31-18/h6-7,11-13,17H,4-5,8-10,14H2,1-3H3. The predicted octanol–water partition coefficient (Wildman–Crippen LogP) is 3.00. The largest absolute Gasteiger partial charge is 0.493 e. The Hall–Kier alpha value is -3.62. The molecule has 0 saturated carbocycles. The number of likely N-dealkylation sites (tertiary alicyclic amines) is 1. The molecule has 2 aliphatic heterocycles. The zero-order chi connectivity index (χ0) is 23.4. The zero-order valence-corrected chi connectivity index (χ0v) is 18.9. The maximum Gasteiger partial charge on any atom is 0.338 e. The monoisotopic (exact) mass is 457 g/mol. The van der Waals surface area contributed by atoms with E-state index < -0.39 is 5.97 Å². The molecule has 0 radical (unpaired) electrons.